The van der Waals surface area contributed by atoms with E-state index in [0.717, 1.165) is 6.42 Å². The summed E-state index contributed by atoms with van der Waals surface area (Å²) in [5, 5.41) is 0. The molecule has 0 aromatic heterocycles. The molecule has 0 rings (SSSR count). The molecule has 3 nitrogen and oxygen atoms in total. The Kier molecular flexibility index (Phi) is 8.78. The maximum Gasteiger partial charge on any atom is 0.330 e. The van der Waals surface area contributed by atoms with Gasteiger partial charge < -0.3 is 9.47 Å². The lowest BCUT2D eigenvalue weighted by Crippen LogP contribution is -2.24. The first kappa shape index (κ1) is 16.2. The second kappa shape index (κ2) is 9.23. The number of unbranched alkanes of at least 4 members (excludes halogenated alkanes) is 2. The van der Waals surface area contributed by atoms with Crippen molar-refractivity contribution in [1.29, 1.82) is 0 Å². The molecule has 17 heavy (non-hydrogen) atoms. The van der Waals surface area contributed by atoms with Gasteiger partial charge in [-0.1, -0.05) is 32.3 Å². The number of hydrogen-bond donors (Lipinski definition) is 0. The molecule has 0 unspecified atom stereocenters. The van der Waals surface area contributed by atoms with Gasteiger partial charge in [-0.2, -0.15) is 0 Å². The van der Waals surface area contributed by atoms with Crippen molar-refractivity contribution in [3.63, 3.8) is 0 Å². The van der Waals surface area contributed by atoms with Crippen molar-refractivity contribution in [3.8, 4) is 0 Å². The average molecular weight is 242 g/mol. The standard InChI is InChI=1S/C14H26O3/c1-5-7-8-11-14(3,4)17-12-9-10-13(15)16-6-2/h9-10H,5-8,11-12H2,1-4H3/b10-9+. The molecule has 0 saturated carbocycles. The molecular weight excluding hydrogens is 216 g/mol. The van der Waals surface area contributed by atoms with Crippen LogP contribution >= 0.6 is 0 Å². The Bertz CT molecular complexity index is 232. The van der Waals surface area contributed by atoms with Gasteiger partial charge in [0.25, 0.3) is 0 Å². The van der Waals surface area contributed by atoms with Crippen LogP contribution in [0.1, 0.15) is 53.4 Å². The van der Waals surface area contributed by atoms with E-state index in [2.05, 4.69) is 20.8 Å². The minimum atomic E-state index is -0.306. The van der Waals surface area contributed by atoms with Crippen LogP contribution in [-0.2, 0) is 14.3 Å². The van der Waals surface area contributed by atoms with Gasteiger partial charge in [0, 0.05) is 6.08 Å². The number of ether oxygens (including phenoxy) is 2. The molecule has 0 fully saturated rings. The van der Waals surface area contributed by atoms with Crippen molar-refractivity contribution in [2.24, 2.45) is 0 Å². The molecule has 0 aliphatic heterocycles. The van der Waals surface area contributed by atoms with Crippen LogP contribution in [0.15, 0.2) is 12.2 Å². The molecule has 0 aromatic carbocycles. The zero-order valence-electron chi connectivity index (χ0n) is 11.6. The van der Waals surface area contributed by atoms with Crippen LogP contribution in [0, 0.1) is 0 Å². The SMILES string of the molecule is CCCCCC(C)(C)OC/C=C/C(=O)OCC. The molecule has 0 saturated heterocycles. The molecule has 0 atom stereocenters. The molecule has 0 heterocycles. The number of hydrogen-bond acceptors (Lipinski definition) is 3. The summed E-state index contributed by atoms with van der Waals surface area (Å²) in [5.41, 5.74) is -0.117. The summed E-state index contributed by atoms with van der Waals surface area (Å²) in [7, 11) is 0. The highest BCUT2D eigenvalue weighted by Crippen LogP contribution is 2.18. The highest BCUT2D eigenvalue weighted by Gasteiger charge is 2.16. The maximum atomic E-state index is 11.0. The Morgan fingerprint density at radius 1 is 1.24 bits per heavy atom. The lowest BCUT2D eigenvalue weighted by atomic mass is 10.0. The molecule has 0 bridgehead atoms. The fourth-order valence-corrected chi connectivity index (χ4v) is 1.48. The van der Waals surface area contributed by atoms with E-state index in [9.17, 15) is 4.79 Å². The second-order valence-corrected chi connectivity index (χ2v) is 4.68. The van der Waals surface area contributed by atoms with Crippen LogP contribution in [-0.4, -0.2) is 24.8 Å². The Hall–Kier alpha value is -0.830. The molecule has 3 heteroatoms. The summed E-state index contributed by atoms with van der Waals surface area (Å²) in [5.74, 6) is -0.306. The Labute approximate surface area is 105 Å². The number of esters is 1. The van der Waals surface area contributed by atoms with Crippen molar-refractivity contribution >= 4 is 5.97 Å². The first-order valence-electron chi connectivity index (χ1n) is 6.49. The zero-order chi connectivity index (χ0) is 13.1. The molecule has 0 N–H and O–H groups in total. The van der Waals surface area contributed by atoms with Crippen LogP contribution in [0.25, 0.3) is 0 Å². The number of carbonyl (C=O) groups is 1. The van der Waals surface area contributed by atoms with Crippen LogP contribution in [0.3, 0.4) is 0 Å². The van der Waals surface area contributed by atoms with E-state index in [-0.39, 0.29) is 11.6 Å². The van der Waals surface area contributed by atoms with Crippen LogP contribution < -0.4 is 0 Å². The normalized spacial score (nSPS) is 12.0. The van der Waals surface area contributed by atoms with E-state index in [4.69, 9.17) is 9.47 Å². The van der Waals surface area contributed by atoms with Crippen molar-refractivity contribution in [2.45, 2.75) is 59.0 Å². The van der Waals surface area contributed by atoms with Gasteiger partial charge in [0.15, 0.2) is 0 Å². The summed E-state index contributed by atoms with van der Waals surface area (Å²) < 4.78 is 10.5. The van der Waals surface area contributed by atoms with Crippen molar-refractivity contribution in [3.05, 3.63) is 12.2 Å². The quantitative estimate of drug-likeness (QED) is 0.353. The predicted octanol–water partition coefficient (Wildman–Crippen LogP) is 3.48. The van der Waals surface area contributed by atoms with Gasteiger partial charge in [-0.25, -0.2) is 4.79 Å². The fourth-order valence-electron chi connectivity index (χ4n) is 1.48. The van der Waals surface area contributed by atoms with E-state index in [0.29, 0.717) is 13.2 Å². The highest BCUT2D eigenvalue weighted by molar-refractivity contribution is 5.81. The third-order valence-electron chi connectivity index (χ3n) is 2.49. The molecule has 0 spiro atoms. The van der Waals surface area contributed by atoms with E-state index in [1.807, 2.05) is 0 Å². The van der Waals surface area contributed by atoms with E-state index < -0.39 is 0 Å². The van der Waals surface area contributed by atoms with Crippen LogP contribution in [0.4, 0.5) is 0 Å². The smallest absolute Gasteiger partial charge is 0.330 e. The van der Waals surface area contributed by atoms with Gasteiger partial charge in [-0.05, 0) is 27.2 Å². The number of rotatable bonds is 9. The number of carbonyl (C=O) groups excluding carboxylic acids is 1. The summed E-state index contributed by atoms with van der Waals surface area (Å²) in [6, 6.07) is 0. The van der Waals surface area contributed by atoms with Crippen molar-refractivity contribution in [2.75, 3.05) is 13.2 Å². The zero-order valence-corrected chi connectivity index (χ0v) is 11.6. The van der Waals surface area contributed by atoms with Gasteiger partial charge in [-0.3, -0.25) is 0 Å². The summed E-state index contributed by atoms with van der Waals surface area (Å²) >= 11 is 0. The molecule has 100 valence electrons. The Morgan fingerprint density at radius 3 is 2.53 bits per heavy atom. The van der Waals surface area contributed by atoms with Gasteiger partial charge in [-0.15, -0.1) is 0 Å². The summed E-state index contributed by atoms with van der Waals surface area (Å²) in [6.07, 6.45) is 7.83. The van der Waals surface area contributed by atoms with Gasteiger partial charge in [0.05, 0.1) is 18.8 Å². The molecule has 0 radical (unpaired) electrons. The first-order valence-corrected chi connectivity index (χ1v) is 6.49. The fraction of sp³-hybridized carbons (Fsp3) is 0.786. The first-order chi connectivity index (χ1) is 8.02. The van der Waals surface area contributed by atoms with Gasteiger partial charge in [0.1, 0.15) is 0 Å². The maximum absolute atomic E-state index is 11.0. The lowest BCUT2D eigenvalue weighted by Gasteiger charge is -2.24. The van der Waals surface area contributed by atoms with Crippen molar-refractivity contribution < 1.29 is 14.3 Å². The molecule has 0 aromatic rings. The van der Waals surface area contributed by atoms with E-state index in [1.54, 1.807) is 13.0 Å². The minimum Gasteiger partial charge on any atom is -0.463 e. The topological polar surface area (TPSA) is 35.5 Å². The lowest BCUT2D eigenvalue weighted by molar-refractivity contribution is -0.137. The predicted molar refractivity (Wildman–Crippen MR) is 69.9 cm³/mol. The summed E-state index contributed by atoms with van der Waals surface area (Å²) in [6.45, 7) is 9.02. The van der Waals surface area contributed by atoms with Crippen LogP contribution in [0.2, 0.25) is 0 Å². The van der Waals surface area contributed by atoms with Gasteiger partial charge in [0.2, 0.25) is 0 Å². The third-order valence-corrected chi connectivity index (χ3v) is 2.49. The molecule has 0 aliphatic carbocycles. The minimum absolute atomic E-state index is 0.117. The molecule has 0 aliphatic rings. The van der Waals surface area contributed by atoms with E-state index >= 15 is 0 Å². The largest absolute Gasteiger partial charge is 0.463 e. The van der Waals surface area contributed by atoms with E-state index in [1.165, 1.54) is 25.3 Å². The molecule has 0 amide bonds. The Balaban J connectivity index is 3.74. The summed E-state index contributed by atoms with van der Waals surface area (Å²) in [4.78, 5) is 11.0. The second-order valence-electron chi connectivity index (χ2n) is 4.68. The molecular formula is C14H26O3. The van der Waals surface area contributed by atoms with Gasteiger partial charge >= 0.3 is 5.97 Å². The average Bonchev–Trinajstić information content (AvgIpc) is 2.25. The Morgan fingerprint density at radius 2 is 1.94 bits per heavy atom. The third kappa shape index (κ3) is 10.1. The van der Waals surface area contributed by atoms with Crippen LogP contribution in [0.5, 0.6) is 0 Å². The van der Waals surface area contributed by atoms with Crippen molar-refractivity contribution in [1.82, 2.24) is 0 Å². The monoisotopic (exact) mass is 242 g/mol. The highest BCUT2D eigenvalue weighted by atomic mass is 16.5.